The molecule has 0 saturated heterocycles. The molecule has 36 heavy (non-hydrogen) atoms. The molecule has 0 radical (unpaired) electrons. The van der Waals surface area contributed by atoms with Crippen LogP contribution >= 0.6 is 0 Å². The van der Waals surface area contributed by atoms with Crippen LogP contribution in [-0.2, 0) is 34.0 Å². The molecular formula is C27H29N3O6. The SMILES string of the molecule is NC(=O)[C@H](Cc1cccc(OCc2ccccc2)c1)NC(=O)[C@H](CO)NC(=O)OCc1ccccc1. The summed E-state index contributed by atoms with van der Waals surface area (Å²) in [5.41, 5.74) is 7.98. The van der Waals surface area contributed by atoms with E-state index in [0.717, 1.165) is 11.1 Å². The molecule has 3 rings (SSSR count). The Balaban J connectivity index is 1.54. The van der Waals surface area contributed by atoms with Crippen molar-refractivity contribution in [1.29, 1.82) is 0 Å². The summed E-state index contributed by atoms with van der Waals surface area (Å²) < 4.78 is 10.9. The monoisotopic (exact) mass is 491 g/mol. The van der Waals surface area contributed by atoms with Gasteiger partial charge in [-0.15, -0.1) is 0 Å². The molecule has 0 saturated carbocycles. The Kier molecular flexibility index (Phi) is 9.84. The summed E-state index contributed by atoms with van der Waals surface area (Å²) in [5.74, 6) is -0.932. The fraction of sp³-hybridized carbons (Fsp3) is 0.222. The first-order valence-electron chi connectivity index (χ1n) is 11.4. The van der Waals surface area contributed by atoms with Gasteiger partial charge in [-0.3, -0.25) is 9.59 Å². The molecule has 3 aromatic rings. The van der Waals surface area contributed by atoms with Crippen LogP contribution in [0.4, 0.5) is 4.79 Å². The third-order valence-corrected chi connectivity index (χ3v) is 5.25. The minimum absolute atomic E-state index is 0.000957. The first-order valence-corrected chi connectivity index (χ1v) is 11.4. The van der Waals surface area contributed by atoms with Gasteiger partial charge in [0.1, 0.15) is 31.0 Å². The van der Waals surface area contributed by atoms with Gasteiger partial charge in [-0.1, -0.05) is 72.8 Å². The second kappa shape index (κ2) is 13.5. The molecule has 0 spiro atoms. The van der Waals surface area contributed by atoms with Gasteiger partial charge in [-0.2, -0.15) is 0 Å². The first kappa shape index (κ1) is 26.2. The maximum absolute atomic E-state index is 12.6. The molecule has 9 nitrogen and oxygen atoms in total. The molecular weight excluding hydrogens is 462 g/mol. The van der Waals surface area contributed by atoms with E-state index >= 15 is 0 Å². The van der Waals surface area contributed by atoms with E-state index in [1.165, 1.54) is 0 Å². The highest BCUT2D eigenvalue weighted by Crippen LogP contribution is 2.16. The van der Waals surface area contributed by atoms with Crippen LogP contribution in [-0.4, -0.2) is 41.7 Å². The van der Waals surface area contributed by atoms with E-state index in [-0.39, 0.29) is 13.0 Å². The van der Waals surface area contributed by atoms with Gasteiger partial charge in [0.2, 0.25) is 11.8 Å². The standard InChI is InChI=1S/C27H29N3O6/c28-25(32)23(15-21-12-7-13-22(14-21)35-17-19-8-3-1-4-9-19)29-26(33)24(16-31)30-27(34)36-18-20-10-5-2-6-11-20/h1-14,23-24,31H,15-18H2,(H2,28,32)(H,29,33)(H,30,34)/t23-,24-/m0/s1. The Morgan fingerprint density at radius 2 is 1.39 bits per heavy atom. The summed E-state index contributed by atoms with van der Waals surface area (Å²) in [6.45, 7) is -0.315. The van der Waals surface area contributed by atoms with Crippen molar-refractivity contribution >= 4 is 17.9 Å². The number of primary amides is 1. The number of alkyl carbamates (subject to hydrolysis) is 1. The number of nitrogens with one attached hydrogen (secondary N) is 2. The average molecular weight is 492 g/mol. The lowest BCUT2D eigenvalue weighted by atomic mass is 10.0. The summed E-state index contributed by atoms with van der Waals surface area (Å²) in [6.07, 6.45) is -0.785. The Morgan fingerprint density at radius 1 is 0.778 bits per heavy atom. The quantitative estimate of drug-likeness (QED) is 0.306. The number of aliphatic hydroxyl groups is 1. The van der Waals surface area contributed by atoms with Crippen LogP contribution in [0.3, 0.4) is 0 Å². The molecule has 3 aromatic carbocycles. The number of nitrogens with two attached hydrogens (primary N) is 1. The lowest BCUT2D eigenvalue weighted by molar-refractivity contribution is -0.129. The number of benzene rings is 3. The van der Waals surface area contributed by atoms with E-state index in [4.69, 9.17) is 15.2 Å². The lowest BCUT2D eigenvalue weighted by Gasteiger charge is -2.21. The molecule has 3 amide bonds. The predicted molar refractivity (Wildman–Crippen MR) is 133 cm³/mol. The zero-order valence-corrected chi connectivity index (χ0v) is 19.6. The van der Waals surface area contributed by atoms with Gasteiger partial charge < -0.3 is 30.9 Å². The van der Waals surface area contributed by atoms with Gasteiger partial charge >= 0.3 is 6.09 Å². The minimum Gasteiger partial charge on any atom is -0.489 e. The number of carbonyl (C=O) groups excluding carboxylic acids is 3. The van der Waals surface area contributed by atoms with Crippen molar-refractivity contribution in [3.8, 4) is 5.75 Å². The van der Waals surface area contributed by atoms with E-state index in [1.807, 2.05) is 36.4 Å². The van der Waals surface area contributed by atoms with Crippen LogP contribution in [0.5, 0.6) is 5.75 Å². The highest BCUT2D eigenvalue weighted by molar-refractivity contribution is 5.91. The van der Waals surface area contributed by atoms with E-state index in [1.54, 1.807) is 48.5 Å². The minimum atomic E-state index is -1.32. The van der Waals surface area contributed by atoms with Gasteiger partial charge in [0.05, 0.1) is 6.61 Å². The number of hydrogen-bond acceptors (Lipinski definition) is 6. The fourth-order valence-corrected chi connectivity index (χ4v) is 3.34. The first-order chi connectivity index (χ1) is 17.4. The largest absolute Gasteiger partial charge is 0.489 e. The van der Waals surface area contributed by atoms with Crippen molar-refractivity contribution in [2.75, 3.05) is 6.61 Å². The van der Waals surface area contributed by atoms with Gasteiger partial charge in [-0.25, -0.2) is 4.79 Å². The molecule has 0 aliphatic heterocycles. The molecule has 0 aromatic heterocycles. The average Bonchev–Trinajstić information content (AvgIpc) is 2.90. The van der Waals surface area contributed by atoms with Crippen molar-refractivity contribution in [3.63, 3.8) is 0 Å². The number of amides is 3. The zero-order chi connectivity index (χ0) is 25.8. The number of rotatable bonds is 12. The topological polar surface area (TPSA) is 140 Å². The molecule has 0 unspecified atom stereocenters. The molecule has 0 aliphatic rings. The summed E-state index contributed by atoms with van der Waals surface area (Å²) in [5, 5.41) is 14.4. The number of hydrogen-bond donors (Lipinski definition) is 4. The number of aliphatic hydroxyl groups excluding tert-OH is 1. The molecule has 0 bridgehead atoms. The van der Waals surface area contributed by atoms with Gasteiger partial charge in [0.25, 0.3) is 0 Å². The fourth-order valence-electron chi connectivity index (χ4n) is 3.34. The Morgan fingerprint density at radius 3 is 2.00 bits per heavy atom. The summed E-state index contributed by atoms with van der Waals surface area (Å²) in [7, 11) is 0. The summed E-state index contributed by atoms with van der Waals surface area (Å²) in [6, 6.07) is 23.4. The summed E-state index contributed by atoms with van der Waals surface area (Å²) >= 11 is 0. The third kappa shape index (κ3) is 8.44. The van der Waals surface area contributed by atoms with Crippen molar-refractivity contribution in [1.82, 2.24) is 10.6 Å². The van der Waals surface area contributed by atoms with Crippen LogP contribution in [0.25, 0.3) is 0 Å². The van der Waals surface area contributed by atoms with Crippen molar-refractivity contribution in [3.05, 3.63) is 102 Å². The van der Waals surface area contributed by atoms with Gasteiger partial charge in [-0.05, 0) is 28.8 Å². The van der Waals surface area contributed by atoms with Crippen LogP contribution in [0, 0.1) is 0 Å². The Bertz CT molecular complexity index is 1140. The molecule has 0 heterocycles. The third-order valence-electron chi connectivity index (χ3n) is 5.25. The van der Waals surface area contributed by atoms with Crippen LogP contribution in [0.1, 0.15) is 16.7 Å². The maximum Gasteiger partial charge on any atom is 0.408 e. The van der Waals surface area contributed by atoms with Crippen molar-refractivity contribution in [2.24, 2.45) is 5.73 Å². The van der Waals surface area contributed by atoms with E-state index in [9.17, 15) is 19.5 Å². The highest BCUT2D eigenvalue weighted by atomic mass is 16.5. The summed E-state index contributed by atoms with van der Waals surface area (Å²) in [4.78, 5) is 36.7. The second-order valence-electron chi connectivity index (χ2n) is 8.03. The zero-order valence-electron chi connectivity index (χ0n) is 19.6. The second-order valence-corrected chi connectivity index (χ2v) is 8.03. The molecule has 188 valence electrons. The highest BCUT2D eigenvalue weighted by Gasteiger charge is 2.26. The number of ether oxygens (including phenoxy) is 2. The van der Waals surface area contributed by atoms with Crippen molar-refractivity contribution < 1.29 is 29.0 Å². The molecule has 0 aliphatic carbocycles. The number of carbonyl (C=O) groups is 3. The predicted octanol–water partition coefficient (Wildman–Crippen LogP) is 2.07. The smallest absolute Gasteiger partial charge is 0.408 e. The maximum atomic E-state index is 12.6. The van der Waals surface area contributed by atoms with Crippen LogP contribution < -0.4 is 21.1 Å². The van der Waals surface area contributed by atoms with Gasteiger partial charge in [0.15, 0.2) is 0 Å². The molecule has 9 heteroatoms. The van der Waals surface area contributed by atoms with E-state index < -0.39 is 36.6 Å². The van der Waals surface area contributed by atoms with Gasteiger partial charge in [0, 0.05) is 6.42 Å². The molecule has 2 atom stereocenters. The van der Waals surface area contributed by atoms with E-state index in [0.29, 0.717) is 17.9 Å². The Hall–Kier alpha value is -4.37. The lowest BCUT2D eigenvalue weighted by Crippen LogP contribution is -2.54. The molecule has 5 N–H and O–H groups in total. The Labute approximate surface area is 209 Å². The molecule has 0 fully saturated rings. The van der Waals surface area contributed by atoms with E-state index in [2.05, 4.69) is 10.6 Å². The van der Waals surface area contributed by atoms with Crippen molar-refractivity contribution in [2.45, 2.75) is 31.7 Å². The van der Waals surface area contributed by atoms with Crippen LogP contribution in [0.15, 0.2) is 84.9 Å². The normalized spacial score (nSPS) is 12.1. The van der Waals surface area contributed by atoms with Crippen LogP contribution in [0.2, 0.25) is 0 Å².